The first-order valence-electron chi connectivity index (χ1n) is 9.81. The molecule has 5 heteroatoms. The Morgan fingerprint density at radius 3 is 2.04 bits per heavy atom. The van der Waals surface area contributed by atoms with Gasteiger partial charge < -0.3 is 15.0 Å². The quantitative estimate of drug-likeness (QED) is 0.843. The minimum atomic E-state index is -0.509. The lowest BCUT2D eigenvalue weighted by Gasteiger charge is -2.56. The van der Waals surface area contributed by atoms with Crippen LogP contribution in [0.4, 0.5) is 4.79 Å². The van der Waals surface area contributed by atoms with E-state index in [2.05, 4.69) is 5.32 Å². The van der Waals surface area contributed by atoms with Crippen LogP contribution in [0.2, 0.25) is 0 Å². The Morgan fingerprint density at radius 2 is 1.60 bits per heavy atom. The van der Waals surface area contributed by atoms with Crippen molar-refractivity contribution in [2.75, 3.05) is 13.6 Å². The number of alkyl carbamates (subject to hydrolysis) is 1. The van der Waals surface area contributed by atoms with Crippen molar-refractivity contribution in [1.29, 1.82) is 0 Å². The Balaban J connectivity index is 1.55. The largest absolute Gasteiger partial charge is 0.444 e. The van der Waals surface area contributed by atoms with Crippen molar-refractivity contribution in [3.8, 4) is 0 Å². The van der Waals surface area contributed by atoms with Crippen molar-refractivity contribution >= 4 is 12.0 Å². The van der Waals surface area contributed by atoms with E-state index in [4.69, 9.17) is 4.74 Å². The molecule has 4 rings (SSSR count). The van der Waals surface area contributed by atoms with Crippen LogP contribution >= 0.6 is 0 Å². The molecule has 2 amide bonds. The highest BCUT2D eigenvalue weighted by molar-refractivity contribution is 5.83. The van der Waals surface area contributed by atoms with E-state index in [1.54, 1.807) is 0 Å². The fourth-order valence-electron chi connectivity index (χ4n) is 5.83. The molecule has 1 atom stereocenters. The van der Waals surface area contributed by atoms with Crippen molar-refractivity contribution in [3.63, 3.8) is 0 Å². The monoisotopic (exact) mass is 350 g/mol. The van der Waals surface area contributed by atoms with Crippen molar-refractivity contribution in [3.05, 3.63) is 0 Å². The fourth-order valence-corrected chi connectivity index (χ4v) is 5.83. The summed E-state index contributed by atoms with van der Waals surface area (Å²) in [5.41, 5.74) is -0.625. The molecule has 142 valence electrons. The molecule has 0 aromatic rings. The van der Waals surface area contributed by atoms with E-state index in [-0.39, 0.29) is 11.5 Å². The molecule has 25 heavy (non-hydrogen) atoms. The van der Waals surface area contributed by atoms with Crippen LogP contribution in [0.1, 0.15) is 66.2 Å². The Morgan fingerprint density at radius 1 is 1.12 bits per heavy atom. The second kappa shape index (κ2) is 6.48. The summed E-state index contributed by atoms with van der Waals surface area (Å²) in [6, 6.07) is -0.127. The number of carbonyl (C=O) groups is 2. The van der Waals surface area contributed by atoms with Crippen LogP contribution in [0.5, 0.6) is 0 Å². The van der Waals surface area contributed by atoms with Crippen molar-refractivity contribution in [2.45, 2.75) is 77.9 Å². The van der Waals surface area contributed by atoms with Gasteiger partial charge in [-0.05, 0) is 84.0 Å². The van der Waals surface area contributed by atoms with Gasteiger partial charge in [0.2, 0.25) is 5.91 Å². The molecule has 0 aliphatic heterocycles. The molecule has 5 nitrogen and oxygen atoms in total. The third-order valence-corrected chi connectivity index (χ3v) is 6.15. The minimum absolute atomic E-state index is 0.116. The van der Waals surface area contributed by atoms with Gasteiger partial charge in [-0.2, -0.15) is 0 Å². The second-order valence-electron chi connectivity index (χ2n) is 9.93. The van der Waals surface area contributed by atoms with E-state index >= 15 is 0 Å². The third kappa shape index (κ3) is 4.12. The molecule has 0 aromatic heterocycles. The molecule has 0 radical (unpaired) electrons. The van der Waals surface area contributed by atoms with Gasteiger partial charge in [0, 0.05) is 19.6 Å². The number of carbonyl (C=O) groups excluding carboxylic acids is 2. The first-order chi connectivity index (χ1) is 11.6. The van der Waals surface area contributed by atoms with Gasteiger partial charge in [0.15, 0.2) is 0 Å². The van der Waals surface area contributed by atoms with Crippen molar-refractivity contribution in [2.24, 2.45) is 23.2 Å². The van der Waals surface area contributed by atoms with E-state index in [0.29, 0.717) is 12.5 Å². The van der Waals surface area contributed by atoms with Crippen LogP contribution < -0.4 is 5.32 Å². The zero-order valence-corrected chi connectivity index (χ0v) is 16.4. The average Bonchev–Trinajstić information content (AvgIpc) is 2.42. The highest BCUT2D eigenvalue weighted by Gasteiger charge is 2.55. The van der Waals surface area contributed by atoms with E-state index in [1.807, 2.05) is 39.6 Å². The fraction of sp³-hybridized carbons (Fsp3) is 0.900. The number of ether oxygens (including phenoxy) is 1. The summed E-state index contributed by atoms with van der Waals surface area (Å²) in [4.78, 5) is 27.0. The van der Waals surface area contributed by atoms with Crippen molar-refractivity contribution in [1.82, 2.24) is 10.2 Å². The van der Waals surface area contributed by atoms with E-state index in [9.17, 15) is 9.59 Å². The SMILES string of the molecule is C[C@@H](CN(C)C(=O)C12CC3CC(CC(C3)C1)C2)NC(=O)OC(C)(C)C. The molecular formula is C20H34N2O3. The molecule has 4 aliphatic rings. The number of hydrogen-bond acceptors (Lipinski definition) is 3. The average molecular weight is 351 g/mol. The molecule has 0 unspecified atom stereocenters. The van der Waals surface area contributed by atoms with E-state index in [1.165, 1.54) is 19.3 Å². The van der Waals surface area contributed by atoms with Crippen LogP contribution in [-0.2, 0) is 9.53 Å². The summed E-state index contributed by atoms with van der Waals surface area (Å²) in [7, 11) is 1.88. The summed E-state index contributed by atoms with van der Waals surface area (Å²) in [6.45, 7) is 7.99. The standard InChI is InChI=1S/C20H34N2O3/c1-13(21-18(24)25-19(2,3)4)12-22(5)17(23)20-9-14-6-15(10-20)8-16(7-14)11-20/h13-16H,6-12H2,1-5H3,(H,21,24)/t13-,14?,15?,16?,20?/m0/s1. The zero-order chi connectivity index (χ0) is 18.4. The number of likely N-dealkylation sites (N-methyl/N-ethyl adjacent to an activating group) is 1. The lowest BCUT2D eigenvalue weighted by atomic mass is 9.49. The third-order valence-electron chi connectivity index (χ3n) is 6.15. The smallest absolute Gasteiger partial charge is 0.407 e. The first-order valence-corrected chi connectivity index (χ1v) is 9.81. The predicted octanol–water partition coefficient (Wildman–Crippen LogP) is 3.57. The Labute approximate surface area is 151 Å². The molecule has 4 aliphatic carbocycles. The predicted molar refractivity (Wildman–Crippen MR) is 97.1 cm³/mol. The molecule has 0 heterocycles. The van der Waals surface area contributed by atoms with Crippen LogP contribution in [0, 0.1) is 23.2 Å². The topological polar surface area (TPSA) is 58.6 Å². The molecule has 4 fully saturated rings. The summed E-state index contributed by atoms with van der Waals surface area (Å²) in [6.07, 6.45) is 6.84. The molecule has 0 saturated heterocycles. The normalized spacial score (nSPS) is 34.5. The van der Waals surface area contributed by atoms with Gasteiger partial charge >= 0.3 is 6.09 Å². The van der Waals surface area contributed by atoms with Crippen LogP contribution in [0.3, 0.4) is 0 Å². The summed E-state index contributed by atoms with van der Waals surface area (Å²) < 4.78 is 5.30. The Kier molecular flexibility index (Phi) is 4.80. The molecule has 1 N–H and O–H groups in total. The van der Waals surface area contributed by atoms with Gasteiger partial charge in [0.05, 0.1) is 5.41 Å². The van der Waals surface area contributed by atoms with Crippen LogP contribution in [0.15, 0.2) is 0 Å². The molecule has 4 bridgehead atoms. The highest BCUT2D eigenvalue weighted by atomic mass is 16.6. The number of nitrogens with one attached hydrogen (secondary N) is 1. The lowest BCUT2D eigenvalue weighted by molar-refractivity contribution is -0.156. The molecule has 0 aromatic carbocycles. The summed E-state index contributed by atoms with van der Waals surface area (Å²) in [5, 5.41) is 2.84. The van der Waals surface area contributed by atoms with Gasteiger partial charge in [0.25, 0.3) is 0 Å². The van der Waals surface area contributed by atoms with Gasteiger partial charge in [-0.1, -0.05) is 0 Å². The number of hydrogen-bond donors (Lipinski definition) is 1. The highest BCUT2D eigenvalue weighted by Crippen LogP contribution is 2.60. The van der Waals surface area contributed by atoms with Gasteiger partial charge in [0.1, 0.15) is 5.60 Å². The summed E-state index contributed by atoms with van der Waals surface area (Å²) >= 11 is 0. The van der Waals surface area contributed by atoms with Gasteiger partial charge in [-0.15, -0.1) is 0 Å². The molecular weight excluding hydrogens is 316 g/mol. The maximum Gasteiger partial charge on any atom is 0.407 e. The molecule has 0 spiro atoms. The van der Waals surface area contributed by atoms with Gasteiger partial charge in [-0.3, -0.25) is 4.79 Å². The summed E-state index contributed by atoms with van der Waals surface area (Å²) in [5.74, 6) is 2.59. The number of nitrogens with zero attached hydrogens (tertiary/aromatic N) is 1. The van der Waals surface area contributed by atoms with Gasteiger partial charge in [-0.25, -0.2) is 4.79 Å². The van der Waals surface area contributed by atoms with Crippen molar-refractivity contribution < 1.29 is 14.3 Å². The Bertz CT molecular complexity index is 502. The second-order valence-corrected chi connectivity index (χ2v) is 9.93. The van der Waals surface area contributed by atoms with Crippen LogP contribution in [0.25, 0.3) is 0 Å². The zero-order valence-electron chi connectivity index (χ0n) is 16.4. The minimum Gasteiger partial charge on any atom is -0.444 e. The first kappa shape index (κ1) is 18.5. The van der Waals surface area contributed by atoms with Crippen LogP contribution in [-0.4, -0.2) is 42.1 Å². The Hall–Kier alpha value is -1.26. The maximum atomic E-state index is 13.2. The van der Waals surface area contributed by atoms with E-state index in [0.717, 1.165) is 37.0 Å². The number of rotatable bonds is 4. The maximum absolute atomic E-state index is 13.2. The molecule has 4 saturated carbocycles. The lowest BCUT2D eigenvalue weighted by Crippen LogP contribution is -2.55. The number of amides is 2. The van der Waals surface area contributed by atoms with E-state index < -0.39 is 11.7 Å².